The highest BCUT2D eigenvalue weighted by Crippen LogP contribution is 2.27. The molecule has 1 aromatic carbocycles. The van der Waals surface area contributed by atoms with Gasteiger partial charge in [0.1, 0.15) is 5.82 Å². The van der Waals surface area contributed by atoms with E-state index in [2.05, 4.69) is 17.4 Å². The normalized spacial score (nSPS) is 18.4. The molecule has 0 unspecified atom stereocenters. The van der Waals surface area contributed by atoms with Gasteiger partial charge in [-0.1, -0.05) is 30.1 Å². The van der Waals surface area contributed by atoms with Gasteiger partial charge in [0.25, 0.3) is 0 Å². The minimum absolute atomic E-state index is 0.0808. The molecule has 2 rings (SSSR count). The van der Waals surface area contributed by atoms with E-state index in [1.54, 1.807) is 12.1 Å². The highest BCUT2D eigenvalue weighted by molar-refractivity contribution is 5.97. The number of nitrogens with one attached hydrogen (secondary N) is 1. The second-order valence-corrected chi connectivity index (χ2v) is 5.51. The van der Waals surface area contributed by atoms with Crippen molar-refractivity contribution in [1.29, 1.82) is 0 Å². The largest absolute Gasteiger partial charge is 0.409 e. The Hall–Kier alpha value is -1.62. The predicted octanol–water partition coefficient (Wildman–Crippen LogP) is 2.59. The summed E-state index contributed by atoms with van der Waals surface area (Å²) in [6.07, 6.45) is 5.14. The summed E-state index contributed by atoms with van der Waals surface area (Å²) in [5, 5.41) is 14.8. The second-order valence-electron chi connectivity index (χ2n) is 5.51. The monoisotopic (exact) mass is 279 g/mol. The molecule has 0 aliphatic heterocycles. The van der Waals surface area contributed by atoms with Crippen molar-refractivity contribution in [1.82, 2.24) is 5.32 Å². The highest BCUT2D eigenvalue weighted by atomic mass is 19.1. The van der Waals surface area contributed by atoms with E-state index in [9.17, 15) is 4.39 Å². The maximum absolute atomic E-state index is 13.9. The van der Waals surface area contributed by atoms with E-state index in [4.69, 9.17) is 10.9 Å². The SMILES string of the molecule is C[C@@H](NCc1ccc(/C(N)=N/O)cc1F)C1CCCC1. The van der Waals surface area contributed by atoms with Crippen LogP contribution in [0.4, 0.5) is 4.39 Å². The summed E-state index contributed by atoms with van der Waals surface area (Å²) < 4.78 is 13.9. The number of benzene rings is 1. The first-order valence-corrected chi connectivity index (χ1v) is 7.11. The van der Waals surface area contributed by atoms with Crippen molar-refractivity contribution in [2.45, 2.75) is 45.2 Å². The second kappa shape index (κ2) is 6.70. The fourth-order valence-corrected chi connectivity index (χ4v) is 2.80. The molecule has 0 spiro atoms. The molecule has 0 radical (unpaired) electrons. The molecular weight excluding hydrogens is 257 g/mol. The summed E-state index contributed by atoms with van der Waals surface area (Å²) in [4.78, 5) is 0. The Balaban J connectivity index is 1.96. The van der Waals surface area contributed by atoms with E-state index >= 15 is 0 Å². The molecule has 5 heteroatoms. The van der Waals surface area contributed by atoms with Crippen molar-refractivity contribution in [3.05, 3.63) is 35.1 Å². The van der Waals surface area contributed by atoms with Crippen molar-refractivity contribution in [2.24, 2.45) is 16.8 Å². The Morgan fingerprint density at radius 3 is 2.80 bits per heavy atom. The van der Waals surface area contributed by atoms with Crippen molar-refractivity contribution >= 4 is 5.84 Å². The van der Waals surface area contributed by atoms with Crippen LogP contribution in [-0.2, 0) is 6.54 Å². The molecular formula is C15H22FN3O. The Bertz CT molecular complexity index is 484. The number of hydrogen-bond donors (Lipinski definition) is 3. The molecule has 1 saturated carbocycles. The van der Waals surface area contributed by atoms with Gasteiger partial charge in [0.15, 0.2) is 5.84 Å². The average Bonchev–Trinajstić information content (AvgIpc) is 2.99. The van der Waals surface area contributed by atoms with Gasteiger partial charge >= 0.3 is 0 Å². The number of rotatable bonds is 5. The van der Waals surface area contributed by atoms with Gasteiger partial charge in [-0.05, 0) is 31.7 Å². The first kappa shape index (κ1) is 14.8. The van der Waals surface area contributed by atoms with Gasteiger partial charge in [-0.25, -0.2) is 4.39 Å². The third kappa shape index (κ3) is 3.48. The van der Waals surface area contributed by atoms with Crippen LogP contribution in [0.3, 0.4) is 0 Å². The first-order chi connectivity index (χ1) is 9.61. The number of nitrogens with two attached hydrogens (primary N) is 1. The van der Waals surface area contributed by atoms with Crippen molar-refractivity contribution in [2.75, 3.05) is 0 Å². The summed E-state index contributed by atoms with van der Waals surface area (Å²) in [7, 11) is 0. The zero-order chi connectivity index (χ0) is 14.5. The van der Waals surface area contributed by atoms with Gasteiger partial charge in [0, 0.05) is 23.7 Å². The summed E-state index contributed by atoms with van der Waals surface area (Å²) >= 11 is 0. The van der Waals surface area contributed by atoms with Crippen LogP contribution in [0.25, 0.3) is 0 Å². The lowest BCUT2D eigenvalue weighted by molar-refractivity contribution is 0.318. The lowest BCUT2D eigenvalue weighted by atomic mass is 9.99. The van der Waals surface area contributed by atoms with Crippen LogP contribution < -0.4 is 11.1 Å². The molecule has 1 aromatic rings. The van der Waals surface area contributed by atoms with Gasteiger partial charge in [-0.15, -0.1) is 0 Å². The lowest BCUT2D eigenvalue weighted by Crippen LogP contribution is -2.32. The molecule has 110 valence electrons. The molecule has 0 saturated heterocycles. The number of hydrogen-bond acceptors (Lipinski definition) is 3. The molecule has 0 aromatic heterocycles. The Labute approximate surface area is 118 Å². The van der Waals surface area contributed by atoms with E-state index in [-0.39, 0.29) is 11.7 Å². The number of amidine groups is 1. The van der Waals surface area contributed by atoms with Gasteiger partial charge < -0.3 is 16.3 Å². The van der Waals surface area contributed by atoms with Gasteiger partial charge in [0.2, 0.25) is 0 Å². The van der Waals surface area contributed by atoms with Crippen LogP contribution in [0.1, 0.15) is 43.7 Å². The summed E-state index contributed by atoms with van der Waals surface area (Å²) in [5.41, 5.74) is 6.42. The van der Waals surface area contributed by atoms with E-state index in [1.165, 1.54) is 31.7 Å². The first-order valence-electron chi connectivity index (χ1n) is 7.11. The molecule has 4 nitrogen and oxygen atoms in total. The zero-order valence-electron chi connectivity index (χ0n) is 11.8. The minimum Gasteiger partial charge on any atom is -0.409 e. The zero-order valence-corrected chi connectivity index (χ0v) is 11.8. The summed E-state index contributed by atoms with van der Waals surface area (Å²) in [6, 6.07) is 5.04. The molecule has 1 aliphatic carbocycles. The van der Waals surface area contributed by atoms with E-state index < -0.39 is 0 Å². The predicted molar refractivity (Wildman–Crippen MR) is 77.2 cm³/mol. The molecule has 1 fully saturated rings. The van der Waals surface area contributed by atoms with Crippen LogP contribution in [0, 0.1) is 11.7 Å². The molecule has 0 amide bonds. The average molecular weight is 279 g/mol. The summed E-state index contributed by atoms with van der Waals surface area (Å²) in [6.45, 7) is 2.67. The van der Waals surface area contributed by atoms with Crippen LogP contribution in [0.15, 0.2) is 23.4 Å². The quantitative estimate of drug-likeness (QED) is 0.336. The van der Waals surface area contributed by atoms with E-state index in [0.717, 1.165) is 0 Å². The number of nitrogens with zero attached hydrogens (tertiary/aromatic N) is 1. The standard InChI is InChI=1S/C15H22FN3O/c1-10(11-4-2-3-5-11)18-9-13-7-6-12(8-14(13)16)15(17)19-20/h6-8,10-11,18,20H,2-5,9H2,1H3,(H2,17,19)/t10-/m1/s1. The van der Waals surface area contributed by atoms with E-state index in [0.29, 0.717) is 29.6 Å². The number of halogens is 1. The smallest absolute Gasteiger partial charge is 0.170 e. The fraction of sp³-hybridized carbons (Fsp3) is 0.533. The maximum atomic E-state index is 13.9. The molecule has 0 bridgehead atoms. The van der Waals surface area contributed by atoms with Gasteiger partial charge in [0.05, 0.1) is 0 Å². The third-order valence-corrected chi connectivity index (χ3v) is 4.18. The Morgan fingerprint density at radius 1 is 1.50 bits per heavy atom. The molecule has 0 heterocycles. The van der Waals surface area contributed by atoms with Crippen LogP contribution in [-0.4, -0.2) is 17.1 Å². The third-order valence-electron chi connectivity index (χ3n) is 4.18. The Morgan fingerprint density at radius 2 is 2.20 bits per heavy atom. The van der Waals surface area contributed by atoms with Crippen molar-refractivity contribution in [3.8, 4) is 0 Å². The van der Waals surface area contributed by atoms with E-state index in [1.807, 2.05) is 0 Å². The van der Waals surface area contributed by atoms with Crippen LogP contribution in [0.2, 0.25) is 0 Å². The highest BCUT2D eigenvalue weighted by Gasteiger charge is 2.21. The van der Waals surface area contributed by atoms with Crippen LogP contribution >= 0.6 is 0 Å². The van der Waals surface area contributed by atoms with Crippen molar-refractivity contribution in [3.63, 3.8) is 0 Å². The number of oxime groups is 1. The van der Waals surface area contributed by atoms with Gasteiger partial charge in [-0.3, -0.25) is 0 Å². The lowest BCUT2D eigenvalue weighted by Gasteiger charge is -2.20. The molecule has 1 aliphatic rings. The fourth-order valence-electron chi connectivity index (χ4n) is 2.80. The topological polar surface area (TPSA) is 70.6 Å². The maximum Gasteiger partial charge on any atom is 0.170 e. The molecule has 20 heavy (non-hydrogen) atoms. The van der Waals surface area contributed by atoms with Gasteiger partial charge in [-0.2, -0.15) is 0 Å². The molecule has 1 atom stereocenters. The minimum atomic E-state index is -0.333. The Kier molecular flexibility index (Phi) is 4.95. The van der Waals surface area contributed by atoms with Crippen molar-refractivity contribution < 1.29 is 9.60 Å². The van der Waals surface area contributed by atoms with Crippen LogP contribution in [0.5, 0.6) is 0 Å². The summed E-state index contributed by atoms with van der Waals surface area (Å²) in [5.74, 6) is 0.289. The molecule has 4 N–H and O–H groups in total.